The molecule has 84 valence electrons. The first-order chi connectivity index (χ1) is 6.63. The molecule has 1 aromatic rings. The molecule has 0 aliphatic carbocycles. The summed E-state index contributed by atoms with van der Waals surface area (Å²) < 4.78 is 1.27. The van der Waals surface area contributed by atoms with Gasteiger partial charge >= 0.3 is 89.1 Å². The summed E-state index contributed by atoms with van der Waals surface area (Å²) in [6, 6.07) is 7.15. The van der Waals surface area contributed by atoms with E-state index in [1.165, 1.54) is 4.46 Å². The van der Waals surface area contributed by atoms with Crippen LogP contribution in [0.3, 0.4) is 0 Å². The van der Waals surface area contributed by atoms with Crippen molar-refractivity contribution in [1.29, 1.82) is 0 Å². The predicted octanol–water partition coefficient (Wildman–Crippen LogP) is 0.440. The number of hydrogen-bond acceptors (Lipinski definition) is 2. The number of carboxylic acid groups (broad SMARTS) is 1. The Hall–Kier alpha value is -0.541. The molecule has 5 heteroatoms. The van der Waals surface area contributed by atoms with Crippen LogP contribution in [0.15, 0.2) is 24.3 Å². The summed E-state index contributed by atoms with van der Waals surface area (Å²) in [6.07, 6.45) is 0.402. The van der Waals surface area contributed by atoms with Crippen molar-refractivity contribution in [3.63, 3.8) is 0 Å². The summed E-state index contributed by atoms with van der Waals surface area (Å²) >= 11 is 0.448. The minimum Gasteiger partial charge on any atom is -0.147 e. The number of carbonyl (C=O) groups is 1. The zero-order valence-electron chi connectivity index (χ0n) is 8.34. The quantitative estimate of drug-likeness (QED) is 0.792. The van der Waals surface area contributed by atoms with Crippen molar-refractivity contribution in [2.45, 2.75) is 18.3 Å². The van der Waals surface area contributed by atoms with Gasteiger partial charge in [-0.2, -0.15) is 0 Å². The van der Waals surface area contributed by atoms with Gasteiger partial charge in [0, 0.05) is 0 Å². The maximum absolute atomic E-state index is 10.5. The second-order valence-corrected chi connectivity index (χ2v) is 4.85. The molecule has 3 N–H and O–H groups in total. The Morgan fingerprint density at radius 1 is 1.60 bits per heavy atom. The van der Waals surface area contributed by atoms with E-state index in [-0.39, 0.29) is 12.4 Å². The zero-order valence-corrected chi connectivity index (χ0v) is 10.9. The molecule has 0 heterocycles. The first kappa shape index (κ1) is 14.5. The standard InChI is InChI=1S/C10H13NO2Se.ClH/c1-14-8-4-2-3-7(5-8)6-9(11)10(12)13;/h2-5,9H,6,11H2,1H3,(H,12,13);1H/t9-;/m0./s1. The number of aliphatic carboxylic acids is 1. The van der Waals surface area contributed by atoms with E-state index < -0.39 is 12.0 Å². The van der Waals surface area contributed by atoms with Crippen LogP contribution in [-0.4, -0.2) is 32.1 Å². The van der Waals surface area contributed by atoms with Gasteiger partial charge in [-0.15, -0.1) is 12.4 Å². The average Bonchev–Trinajstić information content (AvgIpc) is 2.18. The topological polar surface area (TPSA) is 63.3 Å². The van der Waals surface area contributed by atoms with Gasteiger partial charge in [0.15, 0.2) is 0 Å². The Labute approximate surface area is 102 Å². The molecule has 0 amide bonds. The fourth-order valence-corrected chi connectivity index (χ4v) is 2.16. The molecular formula is C10H14ClNO2Se. The van der Waals surface area contributed by atoms with E-state index in [0.29, 0.717) is 21.4 Å². The van der Waals surface area contributed by atoms with Gasteiger partial charge in [0.05, 0.1) is 0 Å². The third-order valence-electron chi connectivity index (χ3n) is 1.91. The molecule has 1 aromatic carbocycles. The monoisotopic (exact) mass is 295 g/mol. The second kappa shape index (κ2) is 6.85. The average molecular weight is 295 g/mol. The maximum Gasteiger partial charge on any atom is -0.147 e. The van der Waals surface area contributed by atoms with E-state index >= 15 is 0 Å². The summed E-state index contributed by atoms with van der Waals surface area (Å²) in [5.41, 5.74) is 6.45. The van der Waals surface area contributed by atoms with Gasteiger partial charge in [-0.25, -0.2) is 0 Å². The second-order valence-electron chi connectivity index (χ2n) is 3.00. The van der Waals surface area contributed by atoms with Gasteiger partial charge in [-0.3, -0.25) is 0 Å². The molecule has 1 rings (SSSR count). The van der Waals surface area contributed by atoms with Gasteiger partial charge in [-0.05, 0) is 0 Å². The van der Waals surface area contributed by atoms with Crippen LogP contribution >= 0.6 is 12.4 Å². The minimum atomic E-state index is -0.947. The Morgan fingerprint density at radius 3 is 2.80 bits per heavy atom. The van der Waals surface area contributed by atoms with E-state index in [2.05, 4.69) is 11.9 Å². The number of hydrogen-bond donors (Lipinski definition) is 2. The van der Waals surface area contributed by atoms with Crippen molar-refractivity contribution >= 4 is 37.8 Å². The molecule has 0 fully saturated rings. The van der Waals surface area contributed by atoms with Crippen LogP contribution in [0.1, 0.15) is 5.56 Å². The van der Waals surface area contributed by atoms with Crippen LogP contribution in [0.5, 0.6) is 0 Å². The fourth-order valence-electron chi connectivity index (χ4n) is 1.14. The van der Waals surface area contributed by atoms with Crippen LogP contribution in [-0.2, 0) is 11.2 Å². The van der Waals surface area contributed by atoms with E-state index in [1.807, 2.05) is 18.2 Å². The molecule has 0 aliphatic heterocycles. The Bertz CT molecular complexity index is 333. The molecule has 0 saturated carbocycles. The van der Waals surface area contributed by atoms with Gasteiger partial charge in [0.1, 0.15) is 0 Å². The summed E-state index contributed by atoms with van der Waals surface area (Å²) in [6.45, 7) is 0. The molecule has 0 radical (unpaired) electrons. The number of halogens is 1. The summed E-state index contributed by atoms with van der Waals surface area (Å²) in [7, 11) is 0. The van der Waals surface area contributed by atoms with Gasteiger partial charge < -0.3 is 0 Å². The number of benzene rings is 1. The minimum absolute atomic E-state index is 0. The van der Waals surface area contributed by atoms with Crippen molar-refractivity contribution in [1.82, 2.24) is 0 Å². The van der Waals surface area contributed by atoms with E-state index in [4.69, 9.17) is 10.8 Å². The first-order valence-electron chi connectivity index (χ1n) is 4.25. The van der Waals surface area contributed by atoms with Crippen molar-refractivity contribution in [2.75, 3.05) is 0 Å². The number of nitrogens with two attached hydrogens (primary N) is 1. The van der Waals surface area contributed by atoms with Gasteiger partial charge in [0.2, 0.25) is 0 Å². The van der Waals surface area contributed by atoms with E-state index in [9.17, 15) is 4.79 Å². The van der Waals surface area contributed by atoms with Crippen molar-refractivity contribution < 1.29 is 9.90 Å². The molecule has 1 atom stereocenters. The van der Waals surface area contributed by atoms with Crippen LogP contribution in [0, 0.1) is 0 Å². The molecule has 0 aromatic heterocycles. The smallest absolute Gasteiger partial charge is 0.147 e. The molecular weight excluding hydrogens is 281 g/mol. The fraction of sp³-hybridized carbons (Fsp3) is 0.300. The third kappa shape index (κ3) is 4.67. The van der Waals surface area contributed by atoms with Gasteiger partial charge in [0.25, 0.3) is 0 Å². The predicted molar refractivity (Wildman–Crippen MR) is 64.3 cm³/mol. The summed E-state index contributed by atoms with van der Waals surface area (Å²) in [5.74, 6) is 1.18. The molecule has 0 saturated heterocycles. The Kier molecular flexibility index (Phi) is 6.61. The summed E-state index contributed by atoms with van der Waals surface area (Å²) in [4.78, 5) is 10.5. The van der Waals surface area contributed by atoms with Crippen molar-refractivity contribution in [3.05, 3.63) is 29.8 Å². The molecule has 0 aliphatic rings. The van der Waals surface area contributed by atoms with Crippen LogP contribution < -0.4 is 10.2 Å². The number of carboxylic acids is 1. The zero-order chi connectivity index (χ0) is 10.6. The van der Waals surface area contributed by atoms with Crippen molar-refractivity contribution in [2.24, 2.45) is 5.73 Å². The summed E-state index contributed by atoms with van der Waals surface area (Å²) in [5, 5.41) is 8.65. The molecule has 0 bridgehead atoms. The molecule has 0 spiro atoms. The first-order valence-corrected chi connectivity index (χ1v) is 6.81. The Balaban J connectivity index is 0.00000196. The Morgan fingerprint density at radius 2 is 2.27 bits per heavy atom. The SMILES string of the molecule is C[Se]c1cccc(C[C@H](N)C(=O)O)c1.Cl. The van der Waals surface area contributed by atoms with E-state index in [1.54, 1.807) is 0 Å². The van der Waals surface area contributed by atoms with E-state index in [0.717, 1.165) is 5.56 Å². The molecule has 15 heavy (non-hydrogen) atoms. The van der Waals surface area contributed by atoms with Gasteiger partial charge in [-0.1, -0.05) is 0 Å². The van der Waals surface area contributed by atoms with Crippen molar-refractivity contribution in [3.8, 4) is 0 Å². The largest absolute Gasteiger partial charge is 0.147 e. The normalized spacial score (nSPS) is 11.6. The van der Waals surface area contributed by atoms with Crippen LogP contribution in [0.4, 0.5) is 0 Å². The maximum atomic E-state index is 10.5. The van der Waals surface area contributed by atoms with Crippen LogP contribution in [0.25, 0.3) is 0 Å². The molecule has 3 nitrogen and oxygen atoms in total. The molecule has 0 unspecified atom stereocenters. The number of rotatable bonds is 4. The van der Waals surface area contributed by atoms with Crippen LogP contribution in [0.2, 0.25) is 5.82 Å². The third-order valence-corrected chi connectivity index (χ3v) is 3.43.